The molecule has 0 atom stereocenters. The van der Waals surface area contributed by atoms with E-state index in [0.717, 1.165) is 12.2 Å². The summed E-state index contributed by atoms with van der Waals surface area (Å²) in [5, 5.41) is 0. The summed E-state index contributed by atoms with van der Waals surface area (Å²) in [6.45, 7) is 6.30. The van der Waals surface area contributed by atoms with Crippen LogP contribution >= 0.6 is 0 Å². The molecule has 2 fully saturated rings. The van der Waals surface area contributed by atoms with Crippen molar-refractivity contribution in [1.29, 1.82) is 0 Å². The molecule has 0 aliphatic carbocycles. The Morgan fingerprint density at radius 3 is 2.17 bits per heavy atom. The van der Waals surface area contributed by atoms with Crippen molar-refractivity contribution in [2.45, 2.75) is 24.5 Å². The molecule has 0 radical (unpaired) electrons. The zero-order valence-electron chi connectivity index (χ0n) is 17.3. The van der Waals surface area contributed by atoms with Gasteiger partial charge in [-0.25, -0.2) is 8.42 Å². The standard InChI is InChI=1S/C20H32N4O4S/c1-17-3-5-18(6-4-17)23-11-13-24(14-12-23)29(26,27)20(19(21)25)7-9-22(10-8-20)15-16-28-2/h3-6H,7-16H2,1-2H3,(H2,21,25). The number of primary amides is 1. The average Bonchev–Trinajstić information content (AvgIpc) is 2.73. The van der Waals surface area contributed by atoms with E-state index in [1.54, 1.807) is 7.11 Å². The number of hydrogen-bond donors (Lipinski definition) is 1. The first-order valence-electron chi connectivity index (χ1n) is 10.1. The van der Waals surface area contributed by atoms with Crippen LogP contribution in [0, 0.1) is 6.92 Å². The van der Waals surface area contributed by atoms with Gasteiger partial charge in [0.2, 0.25) is 15.9 Å². The Bertz CT molecular complexity index is 796. The quantitative estimate of drug-likeness (QED) is 0.681. The summed E-state index contributed by atoms with van der Waals surface area (Å²) in [7, 11) is -2.19. The molecule has 29 heavy (non-hydrogen) atoms. The number of nitrogens with two attached hydrogens (primary N) is 1. The Morgan fingerprint density at radius 1 is 1.07 bits per heavy atom. The zero-order chi connectivity index (χ0) is 21.1. The first-order chi connectivity index (χ1) is 13.8. The van der Waals surface area contributed by atoms with Crippen LogP contribution in [-0.2, 0) is 19.6 Å². The molecular formula is C20H32N4O4S. The van der Waals surface area contributed by atoms with Crippen molar-refractivity contribution in [1.82, 2.24) is 9.21 Å². The van der Waals surface area contributed by atoms with Crippen LogP contribution in [0.3, 0.4) is 0 Å². The highest BCUT2D eigenvalue weighted by Crippen LogP contribution is 2.34. The molecule has 1 aromatic rings. The molecule has 162 valence electrons. The van der Waals surface area contributed by atoms with E-state index in [4.69, 9.17) is 10.5 Å². The van der Waals surface area contributed by atoms with E-state index < -0.39 is 20.7 Å². The molecular weight excluding hydrogens is 392 g/mol. The Morgan fingerprint density at radius 2 is 1.66 bits per heavy atom. The Kier molecular flexibility index (Phi) is 6.83. The van der Waals surface area contributed by atoms with Gasteiger partial charge in [-0.3, -0.25) is 4.79 Å². The molecule has 3 rings (SSSR count). The van der Waals surface area contributed by atoms with Gasteiger partial charge < -0.3 is 20.3 Å². The molecule has 2 saturated heterocycles. The maximum atomic E-state index is 13.5. The molecule has 1 amide bonds. The molecule has 8 nitrogen and oxygen atoms in total. The van der Waals surface area contributed by atoms with Crippen molar-refractivity contribution < 1.29 is 17.9 Å². The monoisotopic (exact) mass is 424 g/mol. The van der Waals surface area contributed by atoms with Gasteiger partial charge >= 0.3 is 0 Å². The molecule has 2 heterocycles. The predicted molar refractivity (Wildman–Crippen MR) is 113 cm³/mol. The van der Waals surface area contributed by atoms with E-state index in [1.165, 1.54) is 9.87 Å². The summed E-state index contributed by atoms with van der Waals surface area (Å²) in [6, 6.07) is 8.22. The average molecular weight is 425 g/mol. The number of nitrogens with zero attached hydrogens (tertiary/aromatic N) is 3. The van der Waals surface area contributed by atoms with Crippen LogP contribution in [0.15, 0.2) is 24.3 Å². The van der Waals surface area contributed by atoms with Crippen molar-refractivity contribution in [3.05, 3.63) is 29.8 Å². The lowest BCUT2D eigenvalue weighted by molar-refractivity contribution is -0.121. The number of carbonyl (C=O) groups is 1. The van der Waals surface area contributed by atoms with Gasteiger partial charge in [-0.15, -0.1) is 0 Å². The van der Waals surface area contributed by atoms with E-state index in [-0.39, 0.29) is 12.8 Å². The van der Waals surface area contributed by atoms with Crippen LogP contribution < -0.4 is 10.6 Å². The molecule has 0 aromatic heterocycles. The lowest BCUT2D eigenvalue weighted by Crippen LogP contribution is -2.63. The number of rotatable bonds is 7. The van der Waals surface area contributed by atoms with E-state index in [1.807, 2.05) is 6.92 Å². The fourth-order valence-electron chi connectivity index (χ4n) is 4.18. The van der Waals surface area contributed by atoms with Crippen LogP contribution in [0.2, 0.25) is 0 Å². The molecule has 2 N–H and O–H groups in total. The van der Waals surface area contributed by atoms with Crippen molar-refractivity contribution >= 4 is 21.6 Å². The Balaban J connectivity index is 1.69. The number of sulfonamides is 1. The fourth-order valence-corrected chi connectivity index (χ4v) is 6.27. The SMILES string of the molecule is COCCN1CCC(C(N)=O)(S(=O)(=O)N2CCN(c3ccc(C)cc3)CC2)CC1. The Hall–Kier alpha value is -1.68. The van der Waals surface area contributed by atoms with E-state index in [9.17, 15) is 13.2 Å². The number of piperazine rings is 1. The van der Waals surface area contributed by atoms with Crippen molar-refractivity contribution in [3.63, 3.8) is 0 Å². The maximum Gasteiger partial charge on any atom is 0.240 e. The number of ether oxygens (including phenoxy) is 1. The summed E-state index contributed by atoms with van der Waals surface area (Å²) in [4.78, 5) is 16.7. The third-order valence-corrected chi connectivity index (χ3v) is 8.84. The van der Waals surface area contributed by atoms with Crippen LogP contribution in [-0.4, -0.2) is 87.8 Å². The van der Waals surface area contributed by atoms with Gasteiger partial charge in [0.05, 0.1) is 6.61 Å². The third kappa shape index (κ3) is 4.42. The number of methoxy groups -OCH3 is 1. The lowest BCUT2D eigenvalue weighted by atomic mass is 9.95. The second-order valence-corrected chi connectivity index (χ2v) is 10.2. The van der Waals surface area contributed by atoms with Gasteiger partial charge in [0, 0.05) is 58.6 Å². The molecule has 0 bridgehead atoms. The maximum absolute atomic E-state index is 13.5. The topological polar surface area (TPSA) is 96.2 Å². The highest BCUT2D eigenvalue weighted by Gasteiger charge is 2.53. The van der Waals surface area contributed by atoms with Crippen molar-refractivity contribution in [3.8, 4) is 0 Å². The molecule has 2 aliphatic rings. The molecule has 1 aromatic carbocycles. The van der Waals surface area contributed by atoms with E-state index >= 15 is 0 Å². The number of aryl methyl sites for hydroxylation is 1. The number of carbonyl (C=O) groups excluding carboxylic acids is 1. The van der Waals surface area contributed by atoms with Gasteiger partial charge in [-0.2, -0.15) is 4.31 Å². The summed E-state index contributed by atoms with van der Waals surface area (Å²) < 4.78 is 32.0. The van der Waals surface area contributed by atoms with Crippen LogP contribution in [0.4, 0.5) is 5.69 Å². The molecule has 2 aliphatic heterocycles. The summed E-state index contributed by atoms with van der Waals surface area (Å²) in [5.74, 6) is -0.732. The summed E-state index contributed by atoms with van der Waals surface area (Å²) in [5.41, 5.74) is 7.95. The lowest BCUT2D eigenvalue weighted by Gasteiger charge is -2.43. The van der Waals surface area contributed by atoms with Gasteiger partial charge in [-0.1, -0.05) is 17.7 Å². The Labute approximate surface area is 173 Å². The highest BCUT2D eigenvalue weighted by molar-refractivity contribution is 7.91. The minimum atomic E-state index is -3.83. The normalized spacial score (nSPS) is 21.2. The second-order valence-electron chi connectivity index (χ2n) is 7.92. The number of likely N-dealkylation sites (tertiary alicyclic amines) is 1. The van der Waals surface area contributed by atoms with Crippen LogP contribution in [0.1, 0.15) is 18.4 Å². The summed E-state index contributed by atoms with van der Waals surface area (Å²) in [6.07, 6.45) is 0.457. The molecule has 0 spiro atoms. The molecule has 9 heteroatoms. The van der Waals surface area contributed by atoms with Crippen LogP contribution in [0.25, 0.3) is 0 Å². The minimum Gasteiger partial charge on any atom is -0.383 e. The number of benzene rings is 1. The van der Waals surface area contributed by atoms with Crippen molar-refractivity contribution in [2.75, 3.05) is 64.4 Å². The summed E-state index contributed by atoms with van der Waals surface area (Å²) >= 11 is 0. The van der Waals surface area contributed by atoms with Gasteiger partial charge in [-0.05, 0) is 31.9 Å². The third-order valence-electron chi connectivity index (χ3n) is 6.20. The second kappa shape index (κ2) is 8.99. The number of amides is 1. The van der Waals surface area contributed by atoms with E-state index in [0.29, 0.717) is 45.9 Å². The number of anilines is 1. The van der Waals surface area contributed by atoms with Gasteiger partial charge in [0.15, 0.2) is 4.75 Å². The van der Waals surface area contributed by atoms with Crippen LogP contribution in [0.5, 0.6) is 0 Å². The molecule has 0 unspecified atom stereocenters. The fraction of sp³-hybridized carbons (Fsp3) is 0.650. The van der Waals surface area contributed by atoms with E-state index in [2.05, 4.69) is 34.1 Å². The predicted octanol–water partition coefficient (Wildman–Crippen LogP) is 0.413. The van der Waals surface area contributed by atoms with Gasteiger partial charge in [0.25, 0.3) is 0 Å². The van der Waals surface area contributed by atoms with Crippen molar-refractivity contribution in [2.24, 2.45) is 5.73 Å². The number of hydrogen-bond acceptors (Lipinski definition) is 6. The largest absolute Gasteiger partial charge is 0.383 e. The smallest absolute Gasteiger partial charge is 0.240 e. The first kappa shape index (κ1) is 22.0. The number of piperidine rings is 1. The highest BCUT2D eigenvalue weighted by atomic mass is 32.2. The zero-order valence-corrected chi connectivity index (χ0v) is 18.2. The molecule has 0 saturated carbocycles. The van der Waals surface area contributed by atoms with Gasteiger partial charge in [0.1, 0.15) is 0 Å². The minimum absolute atomic E-state index is 0.229. The first-order valence-corrected chi connectivity index (χ1v) is 11.6.